The third kappa shape index (κ3) is 5.99. The Balaban J connectivity index is 2.68. The fourth-order valence-corrected chi connectivity index (χ4v) is 2.42. The van der Waals surface area contributed by atoms with Crippen LogP contribution >= 0.6 is 23.2 Å². The molecule has 128 valence electrons. The molecule has 8 heteroatoms. The quantitative estimate of drug-likeness (QED) is 0.742. The number of anilines is 1. The van der Waals surface area contributed by atoms with E-state index in [0.29, 0.717) is 22.3 Å². The molecule has 23 heavy (non-hydrogen) atoms. The monoisotopic (exact) mass is 361 g/mol. The topological polar surface area (TPSA) is 84.7 Å². The Morgan fingerprint density at radius 3 is 2.43 bits per heavy atom. The molecule has 0 saturated heterocycles. The standard InChI is InChI=1S/C15H21Cl2N3O3/c1-3-20(14(22)7-10(8-18)23-2)9-13(21)19-15-11(16)5-4-6-12(15)17/h4-6,10H,3,7-9,18H2,1-2H3,(H,19,21). The molecule has 0 radical (unpaired) electrons. The van der Waals surface area contributed by atoms with E-state index in [2.05, 4.69) is 5.32 Å². The number of hydrogen-bond donors (Lipinski definition) is 2. The van der Waals surface area contributed by atoms with Crippen molar-refractivity contribution < 1.29 is 14.3 Å². The lowest BCUT2D eigenvalue weighted by molar-refractivity contribution is -0.136. The Bertz CT molecular complexity index is 531. The molecule has 0 aliphatic rings. The Hall–Kier alpha value is -1.34. The van der Waals surface area contributed by atoms with Gasteiger partial charge in [0.15, 0.2) is 0 Å². The molecular weight excluding hydrogens is 341 g/mol. The normalized spacial score (nSPS) is 11.9. The average molecular weight is 362 g/mol. The third-order valence-electron chi connectivity index (χ3n) is 3.29. The van der Waals surface area contributed by atoms with Crippen LogP contribution in [0.15, 0.2) is 18.2 Å². The number of amides is 2. The van der Waals surface area contributed by atoms with Crippen molar-refractivity contribution >= 4 is 40.7 Å². The lowest BCUT2D eigenvalue weighted by atomic mass is 10.2. The molecule has 1 rings (SSSR count). The van der Waals surface area contributed by atoms with Gasteiger partial charge in [-0.15, -0.1) is 0 Å². The summed E-state index contributed by atoms with van der Waals surface area (Å²) in [5.74, 6) is -0.581. The predicted octanol–water partition coefficient (Wildman–Crippen LogP) is 2.14. The Morgan fingerprint density at radius 2 is 1.96 bits per heavy atom. The number of nitrogens with zero attached hydrogens (tertiary/aromatic N) is 1. The molecule has 3 N–H and O–H groups in total. The third-order valence-corrected chi connectivity index (χ3v) is 3.92. The SMILES string of the molecule is CCN(CC(=O)Nc1c(Cl)cccc1Cl)C(=O)CC(CN)OC. The number of nitrogens with two attached hydrogens (primary N) is 1. The molecule has 1 unspecified atom stereocenters. The minimum atomic E-state index is -0.378. The van der Waals surface area contributed by atoms with Crippen molar-refractivity contribution in [2.45, 2.75) is 19.4 Å². The first-order valence-electron chi connectivity index (χ1n) is 7.17. The molecule has 0 heterocycles. The van der Waals surface area contributed by atoms with Gasteiger partial charge < -0.3 is 20.7 Å². The van der Waals surface area contributed by atoms with E-state index in [1.807, 2.05) is 0 Å². The summed E-state index contributed by atoms with van der Waals surface area (Å²) in [6.45, 7) is 2.32. The maximum Gasteiger partial charge on any atom is 0.244 e. The van der Waals surface area contributed by atoms with Crippen molar-refractivity contribution in [1.29, 1.82) is 0 Å². The highest BCUT2D eigenvalue weighted by atomic mass is 35.5. The number of ether oxygens (including phenoxy) is 1. The maximum absolute atomic E-state index is 12.2. The van der Waals surface area contributed by atoms with E-state index in [-0.39, 0.29) is 37.4 Å². The summed E-state index contributed by atoms with van der Waals surface area (Å²) in [6, 6.07) is 4.92. The molecule has 0 aliphatic heterocycles. The predicted molar refractivity (Wildman–Crippen MR) is 91.8 cm³/mol. The first-order valence-corrected chi connectivity index (χ1v) is 7.93. The number of hydrogen-bond acceptors (Lipinski definition) is 4. The van der Waals surface area contributed by atoms with Gasteiger partial charge in [-0.2, -0.15) is 0 Å². The van der Waals surface area contributed by atoms with E-state index in [1.165, 1.54) is 12.0 Å². The molecule has 0 saturated carbocycles. The summed E-state index contributed by atoms with van der Waals surface area (Å²) in [6.07, 6.45) is -0.237. The van der Waals surface area contributed by atoms with E-state index >= 15 is 0 Å². The van der Waals surface area contributed by atoms with Crippen LogP contribution in [0.1, 0.15) is 13.3 Å². The van der Waals surface area contributed by atoms with Crippen molar-refractivity contribution in [3.05, 3.63) is 28.2 Å². The molecule has 0 spiro atoms. The van der Waals surface area contributed by atoms with Gasteiger partial charge in [0.1, 0.15) is 0 Å². The summed E-state index contributed by atoms with van der Waals surface area (Å²) in [7, 11) is 1.49. The van der Waals surface area contributed by atoms with Crippen molar-refractivity contribution in [1.82, 2.24) is 4.90 Å². The number of benzene rings is 1. The highest BCUT2D eigenvalue weighted by Gasteiger charge is 2.20. The largest absolute Gasteiger partial charge is 0.380 e. The molecule has 1 atom stereocenters. The molecule has 0 fully saturated rings. The van der Waals surface area contributed by atoms with E-state index in [4.69, 9.17) is 33.7 Å². The van der Waals surface area contributed by atoms with Crippen LogP contribution < -0.4 is 11.1 Å². The van der Waals surface area contributed by atoms with E-state index in [1.54, 1.807) is 25.1 Å². The van der Waals surface area contributed by atoms with Crippen molar-refractivity contribution in [2.75, 3.05) is 32.1 Å². The van der Waals surface area contributed by atoms with E-state index < -0.39 is 0 Å². The minimum absolute atomic E-state index is 0.0993. The summed E-state index contributed by atoms with van der Waals surface area (Å²) in [5, 5.41) is 3.30. The maximum atomic E-state index is 12.2. The number of carbonyl (C=O) groups is 2. The van der Waals surface area contributed by atoms with Crippen LogP contribution in [0.4, 0.5) is 5.69 Å². The average Bonchev–Trinajstić information content (AvgIpc) is 2.53. The second-order valence-corrected chi connectivity index (χ2v) is 5.66. The lowest BCUT2D eigenvalue weighted by Crippen LogP contribution is -2.40. The highest BCUT2D eigenvalue weighted by Crippen LogP contribution is 2.29. The van der Waals surface area contributed by atoms with Gasteiger partial charge in [-0.1, -0.05) is 29.3 Å². The number of halogens is 2. The van der Waals surface area contributed by atoms with Crippen LogP contribution in [0.5, 0.6) is 0 Å². The summed E-state index contributed by atoms with van der Waals surface area (Å²) in [5.41, 5.74) is 5.84. The van der Waals surface area contributed by atoms with Gasteiger partial charge in [-0.3, -0.25) is 9.59 Å². The molecule has 1 aromatic carbocycles. The van der Waals surface area contributed by atoms with Crippen LogP contribution in [0, 0.1) is 0 Å². The first kappa shape index (κ1) is 19.7. The van der Waals surface area contributed by atoms with Crippen LogP contribution in [0.2, 0.25) is 10.0 Å². The number of rotatable bonds is 8. The lowest BCUT2D eigenvalue weighted by Gasteiger charge is -2.23. The molecule has 6 nitrogen and oxygen atoms in total. The number of para-hydroxylation sites is 1. The zero-order valence-electron chi connectivity index (χ0n) is 13.1. The van der Waals surface area contributed by atoms with E-state index in [0.717, 1.165) is 0 Å². The minimum Gasteiger partial charge on any atom is -0.380 e. The highest BCUT2D eigenvalue weighted by molar-refractivity contribution is 6.39. The fourth-order valence-electron chi connectivity index (χ4n) is 1.93. The first-order chi connectivity index (χ1) is 10.9. The summed E-state index contributed by atoms with van der Waals surface area (Å²) < 4.78 is 5.09. The summed E-state index contributed by atoms with van der Waals surface area (Å²) in [4.78, 5) is 25.7. The Labute approximate surface area is 145 Å². The zero-order chi connectivity index (χ0) is 17.4. The zero-order valence-corrected chi connectivity index (χ0v) is 14.7. The van der Waals surface area contributed by atoms with Gasteiger partial charge in [-0.05, 0) is 19.1 Å². The molecule has 0 aromatic heterocycles. The van der Waals surface area contributed by atoms with Crippen molar-refractivity contribution in [2.24, 2.45) is 5.73 Å². The second-order valence-electron chi connectivity index (χ2n) is 4.85. The van der Waals surface area contributed by atoms with Gasteiger partial charge in [0, 0.05) is 20.2 Å². The molecule has 2 amide bonds. The van der Waals surface area contributed by atoms with E-state index in [9.17, 15) is 9.59 Å². The molecule has 1 aromatic rings. The fraction of sp³-hybridized carbons (Fsp3) is 0.467. The van der Waals surface area contributed by atoms with Gasteiger partial charge in [0.05, 0.1) is 34.8 Å². The van der Waals surface area contributed by atoms with Crippen molar-refractivity contribution in [3.63, 3.8) is 0 Å². The van der Waals surface area contributed by atoms with Crippen LogP contribution in [0.3, 0.4) is 0 Å². The number of nitrogens with one attached hydrogen (secondary N) is 1. The number of carbonyl (C=O) groups excluding carboxylic acids is 2. The van der Waals surface area contributed by atoms with Gasteiger partial charge in [0.2, 0.25) is 11.8 Å². The smallest absolute Gasteiger partial charge is 0.244 e. The van der Waals surface area contributed by atoms with Crippen LogP contribution in [0.25, 0.3) is 0 Å². The van der Waals surface area contributed by atoms with Gasteiger partial charge >= 0.3 is 0 Å². The van der Waals surface area contributed by atoms with Crippen LogP contribution in [-0.2, 0) is 14.3 Å². The Kier molecular flexibility index (Phi) is 8.33. The number of likely N-dealkylation sites (N-methyl/N-ethyl adjacent to an activating group) is 1. The van der Waals surface area contributed by atoms with Gasteiger partial charge in [-0.25, -0.2) is 0 Å². The number of methoxy groups -OCH3 is 1. The van der Waals surface area contributed by atoms with Gasteiger partial charge in [0.25, 0.3) is 0 Å². The molecule has 0 bridgehead atoms. The molecular formula is C15H21Cl2N3O3. The molecule has 0 aliphatic carbocycles. The summed E-state index contributed by atoms with van der Waals surface area (Å²) >= 11 is 12.0. The Morgan fingerprint density at radius 1 is 1.35 bits per heavy atom. The second kappa shape index (κ2) is 9.72. The van der Waals surface area contributed by atoms with Crippen molar-refractivity contribution in [3.8, 4) is 0 Å². The van der Waals surface area contributed by atoms with Crippen LogP contribution in [-0.4, -0.2) is 49.6 Å².